The molecule has 5 nitrogen and oxygen atoms in total. The molecule has 2 N–H and O–H groups in total. The number of carbonyl (C=O) groups is 1. The molecule has 1 aromatic rings. The van der Waals surface area contributed by atoms with Crippen LogP contribution in [0.2, 0.25) is 0 Å². The minimum atomic E-state index is -4.88. The molecule has 0 aliphatic heterocycles. The van der Waals surface area contributed by atoms with E-state index in [4.69, 9.17) is 0 Å². The quantitative estimate of drug-likeness (QED) is 0.832. The Morgan fingerprint density at radius 3 is 2.32 bits per heavy atom. The van der Waals surface area contributed by atoms with Crippen molar-refractivity contribution in [1.82, 2.24) is 9.88 Å². The summed E-state index contributed by atoms with van der Waals surface area (Å²) in [6.07, 6.45) is -5.46. The fourth-order valence-electron chi connectivity index (χ4n) is 2.07. The zero-order valence-electron chi connectivity index (χ0n) is 12.1. The summed E-state index contributed by atoms with van der Waals surface area (Å²) in [5.41, 5.74) is -1.93. The molecule has 22 heavy (non-hydrogen) atoms. The van der Waals surface area contributed by atoms with Gasteiger partial charge in [-0.25, -0.2) is 4.79 Å². The van der Waals surface area contributed by atoms with Crippen LogP contribution in [0.3, 0.4) is 0 Å². The Morgan fingerprint density at radius 2 is 1.95 bits per heavy atom. The topological polar surface area (TPSA) is 73.7 Å². The number of nitrogens with zero attached hydrogens (tertiary/aromatic N) is 2. The fraction of sp³-hybridized carbons (Fsp3) is 0.538. The van der Waals surface area contributed by atoms with Crippen LogP contribution in [-0.2, 0) is 6.61 Å². The number of rotatable bonds is 3. The Kier molecular flexibility index (Phi) is 5.45. The molecule has 1 rings (SSSR count). The van der Waals surface area contributed by atoms with Crippen LogP contribution in [0.5, 0.6) is 0 Å². The second-order valence-electron chi connectivity index (χ2n) is 5.62. The highest BCUT2D eigenvalue weighted by Crippen LogP contribution is 2.41. The number of pyridine rings is 1. The van der Waals surface area contributed by atoms with Gasteiger partial charge in [-0.05, 0) is 42.8 Å². The Hall–Kier alpha value is -1.35. The largest absolute Gasteiger partial charge is 0.465 e. The predicted octanol–water partition coefficient (Wildman–Crippen LogP) is 3.72. The summed E-state index contributed by atoms with van der Waals surface area (Å²) in [4.78, 5) is 15.4. The molecule has 0 fully saturated rings. The second-order valence-corrected chi connectivity index (χ2v) is 6.54. The summed E-state index contributed by atoms with van der Waals surface area (Å²) in [6, 6.07) is -1.19. The van der Waals surface area contributed by atoms with Crippen LogP contribution in [-0.4, -0.2) is 37.9 Å². The van der Waals surface area contributed by atoms with Crippen molar-refractivity contribution in [2.75, 3.05) is 0 Å². The number of aromatic nitrogens is 1. The number of hydrogen-bond donors (Lipinski definition) is 2. The molecule has 9 heteroatoms. The van der Waals surface area contributed by atoms with Crippen LogP contribution in [0.15, 0.2) is 16.7 Å². The molecule has 0 aliphatic rings. The van der Waals surface area contributed by atoms with Gasteiger partial charge in [0.2, 0.25) is 0 Å². The first-order valence-corrected chi connectivity index (χ1v) is 7.03. The SMILES string of the molecule is CC(C)(C)N(C(=O)O)[C@H](c1ncc(Br)cc1CO)C(F)(F)F. The van der Waals surface area contributed by atoms with Crippen molar-refractivity contribution in [2.24, 2.45) is 0 Å². The van der Waals surface area contributed by atoms with Gasteiger partial charge in [-0.3, -0.25) is 9.88 Å². The van der Waals surface area contributed by atoms with E-state index >= 15 is 0 Å². The average Bonchev–Trinajstić information content (AvgIpc) is 2.32. The third-order valence-corrected chi connectivity index (χ3v) is 3.33. The Bertz CT molecular complexity index is 558. The zero-order valence-corrected chi connectivity index (χ0v) is 13.7. The van der Waals surface area contributed by atoms with Crippen molar-refractivity contribution in [3.63, 3.8) is 0 Å². The van der Waals surface area contributed by atoms with Gasteiger partial charge in [0.1, 0.15) is 0 Å². The molecule has 0 saturated carbocycles. The molecule has 1 amide bonds. The van der Waals surface area contributed by atoms with Crippen LogP contribution in [0.4, 0.5) is 18.0 Å². The molecule has 0 bridgehead atoms. The summed E-state index contributed by atoms with van der Waals surface area (Å²) >= 11 is 3.06. The second kappa shape index (κ2) is 6.41. The lowest BCUT2D eigenvalue weighted by atomic mass is 9.98. The van der Waals surface area contributed by atoms with Crippen molar-refractivity contribution in [3.8, 4) is 0 Å². The van der Waals surface area contributed by atoms with Crippen LogP contribution in [0.1, 0.15) is 38.1 Å². The van der Waals surface area contributed by atoms with Gasteiger partial charge in [0.05, 0.1) is 12.3 Å². The van der Waals surface area contributed by atoms with Crippen LogP contribution < -0.4 is 0 Å². The maximum absolute atomic E-state index is 13.5. The van der Waals surface area contributed by atoms with Gasteiger partial charge in [-0.1, -0.05) is 0 Å². The van der Waals surface area contributed by atoms with Gasteiger partial charge >= 0.3 is 12.3 Å². The lowest BCUT2D eigenvalue weighted by molar-refractivity contribution is -0.192. The van der Waals surface area contributed by atoms with E-state index in [1.54, 1.807) is 0 Å². The van der Waals surface area contributed by atoms with Gasteiger partial charge in [-0.2, -0.15) is 13.2 Å². The van der Waals surface area contributed by atoms with E-state index in [9.17, 15) is 28.2 Å². The molecule has 1 atom stereocenters. The van der Waals surface area contributed by atoms with Crippen molar-refractivity contribution in [1.29, 1.82) is 0 Å². The molecule has 1 heterocycles. The number of hydrogen-bond acceptors (Lipinski definition) is 3. The zero-order chi connectivity index (χ0) is 17.3. The van der Waals surface area contributed by atoms with Gasteiger partial charge in [0, 0.05) is 21.8 Å². The van der Waals surface area contributed by atoms with E-state index in [0.29, 0.717) is 9.37 Å². The lowest BCUT2D eigenvalue weighted by Gasteiger charge is -2.40. The Morgan fingerprint density at radius 1 is 1.41 bits per heavy atom. The van der Waals surface area contributed by atoms with E-state index < -0.39 is 36.2 Å². The number of alkyl halides is 3. The highest BCUT2D eigenvalue weighted by atomic mass is 79.9. The fourth-order valence-corrected chi connectivity index (χ4v) is 2.45. The molecule has 0 unspecified atom stereocenters. The van der Waals surface area contributed by atoms with Crippen LogP contribution >= 0.6 is 15.9 Å². The number of halogens is 4. The average molecular weight is 385 g/mol. The minimum absolute atomic E-state index is 0.0906. The van der Waals surface area contributed by atoms with Crippen molar-refractivity contribution in [2.45, 2.75) is 45.1 Å². The number of carboxylic acid groups (broad SMARTS) is 1. The molecular formula is C13H16BrF3N2O3. The first-order chi connectivity index (χ1) is 9.89. The smallest absolute Gasteiger partial charge is 0.414 e. The van der Waals surface area contributed by atoms with Crippen molar-refractivity contribution in [3.05, 3.63) is 28.0 Å². The molecule has 1 aromatic heterocycles. The van der Waals surface area contributed by atoms with Crippen LogP contribution in [0.25, 0.3) is 0 Å². The van der Waals surface area contributed by atoms with E-state index in [2.05, 4.69) is 20.9 Å². The van der Waals surface area contributed by atoms with Gasteiger partial charge in [-0.15, -0.1) is 0 Å². The van der Waals surface area contributed by atoms with Crippen molar-refractivity contribution < 1.29 is 28.2 Å². The third kappa shape index (κ3) is 4.10. The molecular weight excluding hydrogens is 369 g/mol. The van der Waals surface area contributed by atoms with Crippen LogP contribution in [0, 0.1) is 0 Å². The first kappa shape index (κ1) is 18.7. The summed E-state index contributed by atoms with van der Waals surface area (Å²) in [5, 5.41) is 18.5. The maximum atomic E-state index is 13.5. The normalized spacial score (nSPS) is 13.8. The monoisotopic (exact) mass is 384 g/mol. The number of aliphatic hydroxyl groups is 1. The highest BCUT2D eigenvalue weighted by Gasteiger charge is 2.51. The highest BCUT2D eigenvalue weighted by molar-refractivity contribution is 9.10. The van der Waals surface area contributed by atoms with Gasteiger partial charge < -0.3 is 10.2 Å². The maximum Gasteiger partial charge on any atom is 0.414 e. The molecule has 0 radical (unpaired) electrons. The molecule has 0 saturated heterocycles. The standard InChI is InChI=1S/C13H16BrF3N2O3/c1-12(2,3)19(11(21)22)10(13(15,16)17)9-7(6-20)4-8(14)5-18-9/h4-5,10,20H,6H2,1-3H3,(H,21,22)/t10-/m1/s1. The Labute approximate surface area is 133 Å². The number of aliphatic hydroxyl groups excluding tert-OH is 1. The molecule has 0 aromatic carbocycles. The Balaban J connectivity index is 3.58. The van der Waals surface area contributed by atoms with E-state index in [1.165, 1.54) is 26.8 Å². The van der Waals surface area contributed by atoms with E-state index in [0.717, 1.165) is 6.20 Å². The summed E-state index contributed by atoms with van der Waals surface area (Å²) in [7, 11) is 0. The molecule has 0 spiro atoms. The molecule has 0 aliphatic carbocycles. The third-order valence-electron chi connectivity index (χ3n) is 2.89. The summed E-state index contributed by atoms with van der Waals surface area (Å²) in [5.74, 6) is 0. The van der Waals surface area contributed by atoms with E-state index in [1.807, 2.05) is 0 Å². The van der Waals surface area contributed by atoms with Gasteiger partial charge in [0.25, 0.3) is 0 Å². The predicted molar refractivity (Wildman–Crippen MR) is 76.3 cm³/mol. The molecule has 124 valence electrons. The lowest BCUT2D eigenvalue weighted by Crippen LogP contribution is -2.52. The summed E-state index contributed by atoms with van der Waals surface area (Å²) < 4.78 is 41.0. The van der Waals surface area contributed by atoms with E-state index in [-0.39, 0.29) is 5.56 Å². The summed E-state index contributed by atoms with van der Waals surface area (Å²) in [6.45, 7) is 3.39. The number of amides is 1. The first-order valence-electron chi connectivity index (χ1n) is 6.23. The van der Waals surface area contributed by atoms with Crippen molar-refractivity contribution >= 4 is 22.0 Å². The minimum Gasteiger partial charge on any atom is -0.465 e. The van der Waals surface area contributed by atoms with Gasteiger partial charge in [0.15, 0.2) is 6.04 Å².